The van der Waals surface area contributed by atoms with Crippen molar-refractivity contribution in [3.8, 4) is 0 Å². The first-order valence-corrected chi connectivity index (χ1v) is 6.40. The lowest BCUT2D eigenvalue weighted by Gasteiger charge is -2.12. The summed E-state index contributed by atoms with van der Waals surface area (Å²) >= 11 is 5.86. The lowest BCUT2D eigenvalue weighted by Crippen LogP contribution is -2.36. The molecule has 1 aliphatic rings. The number of hydrogen-bond acceptors (Lipinski definition) is 2. The second kappa shape index (κ2) is 5.92. The summed E-state index contributed by atoms with van der Waals surface area (Å²) in [6.07, 6.45) is 4.69. The molecule has 0 spiro atoms. The first-order valence-electron chi connectivity index (χ1n) is 6.03. The van der Waals surface area contributed by atoms with Crippen molar-refractivity contribution in [1.82, 2.24) is 5.32 Å². The van der Waals surface area contributed by atoms with Crippen LogP contribution in [0.3, 0.4) is 0 Å². The number of carbonyl (C=O) groups excluding carboxylic acids is 1. The van der Waals surface area contributed by atoms with Gasteiger partial charge in [0.25, 0.3) is 0 Å². The maximum atomic E-state index is 11.7. The van der Waals surface area contributed by atoms with E-state index in [1.165, 1.54) is 12.8 Å². The zero-order chi connectivity index (χ0) is 12.1. The first kappa shape index (κ1) is 12.2. The van der Waals surface area contributed by atoms with Gasteiger partial charge in [0, 0.05) is 16.8 Å². The third kappa shape index (κ3) is 3.93. The van der Waals surface area contributed by atoms with Crippen LogP contribution in [0.4, 0.5) is 5.69 Å². The van der Waals surface area contributed by atoms with E-state index in [0.717, 1.165) is 18.5 Å². The summed E-state index contributed by atoms with van der Waals surface area (Å²) in [5.41, 5.74) is 0.874. The van der Waals surface area contributed by atoms with Gasteiger partial charge in [-0.3, -0.25) is 4.79 Å². The SMILES string of the molecule is O=C(CNc1cccc(Cl)c1)NC1CCCC1. The second-order valence-electron chi connectivity index (χ2n) is 4.41. The van der Waals surface area contributed by atoms with E-state index < -0.39 is 0 Å². The zero-order valence-electron chi connectivity index (χ0n) is 9.71. The van der Waals surface area contributed by atoms with Gasteiger partial charge in [-0.05, 0) is 31.0 Å². The average molecular weight is 253 g/mol. The van der Waals surface area contributed by atoms with E-state index in [4.69, 9.17) is 11.6 Å². The lowest BCUT2D eigenvalue weighted by atomic mass is 10.2. The van der Waals surface area contributed by atoms with Crippen molar-refractivity contribution in [3.05, 3.63) is 29.3 Å². The third-order valence-corrected chi connectivity index (χ3v) is 3.23. The molecular formula is C13H17ClN2O. The predicted octanol–water partition coefficient (Wildman–Crippen LogP) is 2.81. The van der Waals surface area contributed by atoms with E-state index in [-0.39, 0.29) is 5.91 Å². The molecule has 2 rings (SSSR count). The molecule has 3 nitrogen and oxygen atoms in total. The molecule has 1 fully saturated rings. The molecule has 1 aromatic carbocycles. The van der Waals surface area contributed by atoms with Crippen LogP contribution in [0.5, 0.6) is 0 Å². The maximum Gasteiger partial charge on any atom is 0.239 e. The highest BCUT2D eigenvalue weighted by Crippen LogP contribution is 2.17. The van der Waals surface area contributed by atoms with Crippen LogP contribution in [0.15, 0.2) is 24.3 Å². The van der Waals surface area contributed by atoms with Crippen molar-refractivity contribution in [2.75, 3.05) is 11.9 Å². The standard InChI is InChI=1S/C13H17ClN2O/c14-10-4-3-7-12(8-10)15-9-13(17)16-11-5-1-2-6-11/h3-4,7-8,11,15H,1-2,5-6,9H2,(H,16,17). The van der Waals surface area contributed by atoms with Crippen molar-refractivity contribution in [2.24, 2.45) is 0 Å². The number of halogens is 1. The van der Waals surface area contributed by atoms with Gasteiger partial charge < -0.3 is 10.6 Å². The molecule has 0 radical (unpaired) electrons. The minimum absolute atomic E-state index is 0.0527. The van der Waals surface area contributed by atoms with Crippen molar-refractivity contribution in [3.63, 3.8) is 0 Å². The molecule has 0 atom stereocenters. The topological polar surface area (TPSA) is 41.1 Å². The summed E-state index contributed by atoms with van der Waals surface area (Å²) in [5, 5.41) is 6.76. The van der Waals surface area contributed by atoms with Crippen LogP contribution in [0, 0.1) is 0 Å². The van der Waals surface area contributed by atoms with E-state index >= 15 is 0 Å². The molecule has 1 aromatic rings. The van der Waals surface area contributed by atoms with Crippen LogP contribution in [-0.4, -0.2) is 18.5 Å². The van der Waals surface area contributed by atoms with Gasteiger partial charge in [-0.2, -0.15) is 0 Å². The van der Waals surface area contributed by atoms with Crippen molar-refractivity contribution in [1.29, 1.82) is 0 Å². The monoisotopic (exact) mass is 252 g/mol. The minimum atomic E-state index is 0.0527. The number of nitrogens with one attached hydrogen (secondary N) is 2. The number of carbonyl (C=O) groups is 1. The number of hydrogen-bond donors (Lipinski definition) is 2. The molecule has 0 saturated heterocycles. The van der Waals surface area contributed by atoms with Crippen molar-refractivity contribution < 1.29 is 4.79 Å². The zero-order valence-corrected chi connectivity index (χ0v) is 10.5. The van der Waals surface area contributed by atoms with E-state index in [9.17, 15) is 4.79 Å². The van der Waals surface area contributed by atoms with Crippen LogP contribution in [0.25, 0.3) is 0 Å². The Bertz CT molecular complexity index is 389. The predicted molar refractivity (Wildman–Crippen MR) is 70.3 cm³/mol. The fraction of sp³-hybridized carbons (Fsp3) is 0.462. The summed E-state index contributed by atoms with van der Waals surface area (Å²) in [5.74, 6) is 0.0527. The van der Waals surface area contributed by atoms with Gasteiger partial charge in [0.15, 0.2) is 0 Å². The summed E-state index contributed by atoms with van der Waals surface area (Å²) in [7, 11) is 0. The molecule has 92 valence electrons. The Hall–Kier alpha value is -1.22. The van der Waals surface area contributed by atoms with Gasteiger partial charge in [0.2, 0.25) is 5.91 Å². The molecule has 17 heavy (non-hydrogen) atoms. The van der Waals surface area contributed by atoms with Crippen LogP contribution in [0.2, 0.25) is 5.02 Å². The van der Waals surface area contributed by atoms with Crippen molar-refractivity contribution in [2.45, 2.75) is 31.7 Å². The Morgan fingerprint density at radius 2 is 2.12 bits per heavy atom. The van der Waals surface area contributed by atoms with E-state index in [1.54, 1.807) is 0 Å². The normalized spacial score (nSPS) is 15.8. The van der Waals surface area contributed by atoms with Crippen LogP contribution in [-0.2, 0) is 4.79 Å². The number of benzene rings is 1. The smallest absolute Gasteiger partial charge is 0.239 e. The fourth-order valence-electron chi connectivity index (χ4n) is 2.13. The molecule has 0 aliphatic heterocycles. The van der Waals surface area contributed by atoms with Crippen LogP contribution < -0.4 is 10.6 Å². The van der Waals surface area contributed by atoms with E-state index in [2.05, 4.69) is 10.6 Å². The van der Waals surface area contributed by atoms with Gasteiger partial charge in [0.1, 0.15) is 0 Å². The molecular weight excluding hydrogens is 236 g/mol. The Morgan fingerprint density at radius 1 is 1.35 bits per heavy atom. The van der Waals surface area contributed by atoms with Gasteiger partial charge in [-0.1, -0.05) is 30.5 Å². The third-order valence-electron chi connectivity index (χ3n) is 3.00. The molecule has 0 unspecified atom stereocenters. The summed E-state index contributed by atoms with van der Waals surface area (Å²) in [6, 6.07) is 7.76. The number of rotatable bonds is 4. The van der Waals surface area contributed by atoms with E-state index in [1.807, 2.05) is 24.3 Å². The molecule has 2 N–H and O–H groups in total. The molecule has 1 saturated carbocycles. The lowest BCUT2D eigenvalue weighted by molar-refractivity contribution is -0.120. The Morgan fingerprint density at radius 3 is 2.82 bits per heavy atom. The Balaban J connectivity index is 1.75. The number of anilines is 1. The molecule has 0 bridgehead atoms. The first-order chi connectivity index (χ1) is 8.24. The molecule has 4 heteroatoms. The second-order valence-corrected chi connectivity index (χ2v) is 4.85. The molecule has 0 aromatic heterocycles. The summed E-state index contributed by atoms with van der Waals surface area (Å²) in [6.45, 7) is 0.302. The highest BCUT2D eigenvalue weighted by Gasteiger charge is 2.16. The fourth-order valence-corrected chi connectivity index (χ4v) is 2.32. The van der Waals surface area contributed by atoms with Crippen LogP contribution in [0.1, 0.15) is 25.7 Å². The van der Waals surface area contributed by atoms with Gasteiger partial charge in [0.05, 0.1) is 6.54 Å². The van der Waals surface area contributed by atoms with E-state index in [0.29, 0.717) is 17.6 Å². The minimum Gasteiger partial charge on any atom is -0.376 e. The highest BCUT2D eigenvalue weighted by atomic mass is 35.5. The molecule has 1 aliphatic carbocycles. The maximum absolute atomic E-state index is 11.7. The summed E-state index contributed by atoms with van der Waals surface area (Å²) < 4.78 is 0. The quantitative estimate of drug-likeness (QED) is 0.865. The van der Waals surface area contributed by atoms with Gasteiger partial charge >= 0.3 is 0 Å². The van der Waals surface area contributed by atoms with Gasteiger partial charge in [-0.25, -0.2) is 0 Å². The average Bonchev–Trinajstić information content (AvgIpc) is 2.79. The van der Waals surface area contributed by atoms with Gasteiger partial charge in [-0.15, -0.1) is 0 Å². The summed E-state index contributed by atoms with van der Waals surface area (Å²) in [4.78, 5) is 11.7. The van der Waals surface area contributed by atoms with Crippen molar-refractivity contribution >= 4 is 23.2 Å². The Kier molecular flexibility index (Phi) is 4.26. The number of amides is 1. The molecule has 1 amide bonds. The Labute approximate surface area is 107 Å². The highest BCUT2D eigenvalue weighted by molar-refractivity contribution is 6.30. The van der Waals surface area contributed by atoms with Crippen LogP contribution >= 0.6 is 11.6 Å². The largest absolute Gasteiger partial charge is 0.376 e. The molecule has 0 heterocycles.